The highest BCUT2D eigenvalue weighted by Gasteiger charge is 2.31. The number of methoxy groups -OCH3 is 1. The first kappa shape index (κ1) is 22.2. The van der Waals surface area contributed by atoms with Gasteiger partial charge in [-0.05, 0) is 38.3 Å². The summed E-state index contributed by atoms with van der Waals surface area (Å²) in [7, 11) is 3.40. The van der Waals surface area contributed by atoms with Crippen molar-refractivity contribution in [3.05, 3.63) is 24.3 Å². The van der Waals surface area contributed by atoms with Gasteiger partial charge < -0.3 is 25.0 Å². The third-order valence-corrected chi connectivity index (χ3v) is 5.97. The second-order valence-electron chi connectivity index (χ2n) is 8.28. The second kappa shape index (κ2) is 11.1. The Hall–Kier alpha value is -2.44. The average Bonchev–Trinajstić information content (AvgIpc) is 3.25. The molecule has 1 saturated carbocycles. The summed E-state index contributed by atoms with van der Waals surface area (Å²) in [6, 6.07) is 7.87. The van der Waals surface area contributed by atoms with Crippen LogP contribution in [0.2, 0.25) is 0 Å². The molecule has 30 heavy (non-hydrogen) atoms. The van der Waals surface area contributed by atoms with Gasteiger partial charge >= 0.3 is 0 Å². The zero-order valence-electron chi connectivity index (χ0n) is 18.5. The summed E-state index contributed by atoms with van der Waals surface area (Å²) in [5, 5.41) is 6.79. The van der Waals surface area contributed by atoms with E-state index >= 15 is 0 Å². The fourth-order valence-electron chi connectivity index (χ4n) is 4.29. The van der Waals surface area contributed by atoms with Crippen molar-refractivity contribution in [2.75, 3.05) is 33.8 Å². The van der Waals surface area contributed by atoms with E-state index in [4.69, 9.17) is 9.47 Å². The Kier molecular flexibility index (Phi) is 8.22. The predicted octanol–water partition coefficient (Wildman–Crippen LogP) is 2.81. The zero-order chi connectivity index (χ0) is 21.3. The molecule has 1 aliphatic heterocycles. The number of ether oxygens (including phenoxy) is 2. The number of guanidine groups is 1. The molecule has 2 fully saturated rings. The Morgan fingerprint density at radius 3 is 2.63 bits per heavy atom. The summed E-state index contributed by atoms with van der Waals surface area (Å²) in [4.78, 5) is 19.1. The molecule has 1 aromatic rings. The molecule has 166 valence electrons. The molecule has 1 aliphatic carbocycles. The van der Waals surface area contributed by atoms with Crippen molar-refractivity contribution in [3.63, 3.8) is 0 Å². The van der Waals surface area contributed by atoms with Crippen LogP contribution >= 0.6 is 0 Å². The van der Waals surface area contributed by atoms with Crippen LogP contribution in [0, 0.1) is 5.92 Å². The molecule has 2 unspecified atom stereocenters. The summed E-state index contributed by atoms with van der Waals surface area (Å²) in [6.07, 6.45) is 6.66. The van der Waals surface area contributed by atoms with Gasteiger partial charge in [-0.3, -0.25) is 9.79 Å². The fourth-order valence-corrected chi connectivity index (χ4v) is 4.29. The standard InChI is InChI=1S/C23H36N4O3/c1-17(30-21-12-8-7-11-20(21)29-3)15-25-23(24-2)26-19-13-14-27(16-19)22(28)18-9-5-4-6-10-18/h7-8,11-12,17-19H,4-6,9-10,13-16H2,1-3H3,(H2,24,25,26). The largest absolute Gasteiger partial charge is 0.493 e. The van der Waals surface area contributed by atoms with Crippen LogP contribution in [0.25, 0.3) is 0 Å². The van der Waals surface area contributed by atoms with E-state index in [1.54, 1.807) is 14.2 Å². The third-order valence-electron chi connectivity index (χ3n) is 5.97. The number of hydrogen-bond acceptors (Lipinski definition) is 4. The van der Waals surface area contributed by atoms with E-state index in [9.17, 15) is 4.79 Å². The topological polar surface area (TPSA) is 75.2 Å². The Morgan fingerprint density at radius 1 is 1.20 bits per heavy atom. The van der Waals surface area contributed by atoms with Crippen LogP contribution in [-0.2, 0) is 4.79 Å². The first-order valence-corrected chi connectivity index (χ1v) is 11.2. The van der Waals surface area contributed by atoms with Crippen LogP contribution in [0.4, 0.5) is 0 Å². The number of amides is 1. The van der Waals surface area contributed by atoms with Crippen molar-refractivity contribution in [2.45, 2.75) is 57.6 Å². The van der Waals surface area contributed by atoms with Gasteiger partial charge in [0.05, 0.1) is 13.7 Å². The van der Waals surface area contributed by atoms with Crippen LogP contribution in [0.3, 0.4) is 0 Å². The van der Waals surface area contributed by atoms with E-state index in [-0.39, 0.29) is 18.1 Å². The quantitative estimate of drug-likeness (QED) is 0.528. The normalized spacial score (nSPS) is 21.2. The first-order valence-electron chi connectivity index (χ1n) is 11.2. The van der Waals surface area contributed by atoms with Gasteiger partial charge in [-0.15, -0.1) is 0 Å². The van der Waals surface area contributed by atoms with Gasteiger partial charge in [-0.25, -0.2) is 0 Å². The molecule has 0 bridgehead atoms. The minimum atomic E-state index is -0.0622. The zero-order valence-corrected chi connectivity index (χ0v) is 18.5. The lowest BCUT2D eigenvalue weighted by atomic mass is 9.88. The molecule has 7 heteroatoms. The molecule has 0 spiro atoms. The molecule has 1 saturated heterocycles. The highest BCUT2D eigenvalue weighted by atomic mass is 16.5. The molecule has 3 rings (SSSR count). The molecule has 0 radical (unpaired) electrons. The monoisotopic (exact) mass is 416 g/mol. The minimum Gasteiger partial charge on any atom is -0.493 e. The maximum Gasteiger partial charge on any atom is 0.225 e. The van der Waals surface area contributed by atoms with Crippen molar-refractivity contribution in [1.82, 2.24) is 15.5 Å². The molecule has 7 nitrogen and oxygen atoms in total. The number of nitrogens with one attached hydrogen (secondary N) is 2. The molecule has 2 aliphatic rings. The number of carbonyl (C=O) groups is 1. The van der Waals surface area contributed by atoms with E-state index in [1.807, 2.05) is 36.1 Å². The Bertz CT molecular complexity index is 718. The molecule has 1 amide bonds. The van der Waals surface area contributed by atoms with Gasteiger partial charge in [0.2, 0.25) is 5.91 Å². The SMILES string of the molecule is CN=C(NCC(C)Oc1ccccc1OC)NC1CCN(C(=O)C2CCCCC2)C1. The van der Waals surface area contributed by atoms with Crippen LogP contribution in [-0.4, -0.2) is 62.7 Å². The van der Waals surface area contributed by atoms with Gasteiger partial charge in [0, 0.05) is 32.1 Å². The maximum absolute atomic E-state index is 12.8. The van der Waals surface area contributed by atoms with Crippen LogP contribution in [0.1, 0.15) is 45.4 Å². The van der Waals surface area contributed by atoms with E-state index in [0.29, 0.717) is 12.5 Å². The molecule has 1 aromatic carbocycles. The van der Waals surface area contributed by atoms with E-state index < -0.39 is 0 Å². The molecule has 1 heterocycles. The molecule has 2 atom stereocenters. The predicted molar refractivity (Wildman–Crippen MR) is 119 cm³/mol. The van der Waals surface area contributed by atoms with Crippen LogP contribution in [0.5, 0.6) is 11.5 Å². The first-order chi connectivity index (χ1) is 14.6. The Balaban J connectivity index is 1.43. The number of para-hydroxylation sites is 2. The van der Waals surface area contributed by atoms with Crippen molar-refractivity contribution < 1.29 is 14.3 Å². The van der Waals surface area contributed by atoms with Gasteiger partial charge in [0.15, 0.2) is 17.5 Å². The van der Waals surface area contributed by atoms with Crippen molar-refractivity contribution in [3.8, 4) is 11.5 Å². The number of nitrogens with zero attached hydrogens (tertiary/aromatic N) is 2. The Labute approximate surface area is 180 Å². The summed E-state index contributed by atoms with van der Waals surface area (Å²) in [5.41, 5.74) is 0. The number of rotatable bonds is 7. The summed E-state index contributed by atoms with van der Waals surface area (Å²) in [5.74, 6) is 2.77. The van der Waals surface area contributed by atoms with Crippen LogP contribution in [0.15, 0.2) is 29.3 Å². The molecule has 0 aromatic heterocycles. The number of benzene rings is 1. The lowest BCUT2D eigenvalue weighted by Gasteiger charge is -2.26. The van der Waals surface area contributed by atoms with Crippen LogP contribution < -0.4 is 20.1 Å². The molecular formula is C23H36N4O3. The molecule has 2 N–H and O–H groups in total. The van der Waals surface area contributed by atoms with E-state index in [2.05, 4.69) is 15.6 Å². The van der Waals surface area contributed by atoms with E-state index in [0.717, 1.165) is 49.8 Å². The highest BCUT2D eigenvalue weighted by Crippen LogP contribution is 2.27. The fraction of sp³-hybridized carbons (Fsp3) is 0.652. The summed E-state index contributed by atoms with van der Waals surface area (Å²) < 4.78 is 11.3. The Morgan fingerprint density at radius 2 is 1.93 bits per heavy atom. The van der Waals surface area contributed by atoms with Gasteiger partial charge in [-0.2, -0.15) is 0 Å². The van der Waals surface area contributed by atoms with Gasteiger partial charge in [0.25, 0.3) is 0 Å². The summed E-state index contributed by atoms with van der Waals surface area (Å²) >= 11 is 0. The maximum atomic E-state index is 12.8. The third kappa shape index (κ3) is 6.03. The lowest BCUT2D eigenvalue weighted by molar-refractivity contribution is -0.135. The van der Waals surface area contributed by atoms with Crippen molar-refractivity contribution in [2.24, 2.45) is 10.9 Å². The highest BCUT2D eigenvalue weighted by molar-refractivity contribution is 5.81. The van der Waals surface area contributed by atoms with Crippen molar-refractivity contribution >= 4 is 11.9 Å². The van der Waals surface area contributed by atoms with Gasteiger partial charge in [-0.1, -0.05) is 31.4 Å². The molecular weight excluding hydrogens is 380 g/mol. The number of aliphatic imine (C=N–C) groups is 1. The number of carbonyl (C=O) groups excluding carboxylic acids is 1. The smallest absolute Gasteiger partial charge is 0.225 e. The minimum absolute atomic E-state index is 0.0622. The average molecular weight is 417 g/mol. The van der Waals surface area contributed by atoms with Crippen molar-refractivity contribution in [1.29, 1.82) is 0 Å². The lowest BCUT2D eigenvalue weighted by Crippen LogP contribution is -2.47. The summed E-state index contributed by atoms with van der Waals surface area (Å²) in [6.45, 7) is 4.20. The van der Waals surface area contributed by atoms with Gasteiger partial charge in [0.1, 0.15) is 6.10 Å². The second-order valence-corrected chi connectivity index (χ2v) is 8.28. The van der Waals surface area contributed by atoms with E-state index in [1.165, 1.54) is 19.3 Å². The number of likely N-dealkylation sites (tertiary alicyclic amines) is 1. The number of hydrogen-bond donors (Lipinski definition) is 2.